The largest absolute Gasteiger partial charge is 0.519 e. The average molecular weight is 268 g/mol. The van der Waals surface area contributed by atoms with Gasteiger partial charge in [-0.1, -0.05) is 42.3 Å². The van der Waals surface area contributed by atoms with Crippen molar-refractivity contribution in [2.45, 2.75) is 26.7 Å². The number of carbonyl (C=O) groups excluding carboxylic acids is 1. The summed E-state index contributed by atoms with van der Waals surface area (Å²) in [7, 11) is 0. The Kier molecular flexibility index (Phi) is 2.97. The third kappa shape index (κ3) is 2.16. The molecule has 1 heterocycles. The molecule has 0 fully saturated rings. The number of hydrogen-bond acceptors (Lipinski definition) is 3. The van der Waals surface area contributed by atoms with Crippen molar-refractivity contribution < 1.29 is 14.3 Å². The number of benzene rings is 2. The molecule has 2 aromatic carbocycles. The molecule has 0 N–H and O–H groups in total. The van der Waals surface area contributed by atoms with Gasteiger partial charge in [0.05, 0.1) is 0 Å². The quantitative estimate of drug-likeness (QED) is 0.526. The van der Waals surface area contributed by atoms with E-state index in [9.17, 15) is 4.79 Å². The molecule has 2 aromatic rings. The van der Waals surface area contributed by atoms with Crippen molar-refractivity contribution >= 4 is 6.16 Å². The Labute approximate surface area is 118 Å². The molecule has 3 nitrogen and oxygen atoms in total. The van der Waals surface area contributed by atoms with Crippen LogP contribution in [0.4, 0.5) is 4.79 Å². The lowest BCUT2D eigenvalue weighted by Gasteiger charge is -2.23. The van der Waals surface area contributed by atoms with Gasteiger partial charge in [0, 0.05) is 17.0 Å². The molecule has 20 heavy (non-hydrogen) atoms. The molecular formula is C17H16O3. The first kappa shape index (κ1) is 12.7. The summed E-state index contributed by atoms with van der Waals surface area (Å²) in [6.07, 6.45) is -0.688. The van der Waals surface area contributed by atoms with Gasteiger partial charge in [0.25, 0.3) is 0 Å². The summed E-state index contributed by atoms with van der Waals surface area (Å²) in [5.74, 6) is 1.24. The summed E-state index contributed by atoms with van der Waals surface area (Å²) >= 11 is 0. The number of rotatable bonds is 0. The van der Waals surface area contributed by atoms with Gasteiger partial charge in [-0.3, -0.25) is 0 Å². The molecule has 0 unspecified atom stereocenters. The van der Waals surface area contributed by atoms with Crippen LogP contribution >= 0.6 is 0 Å². The molecule has 0 bridgehead atoms. The highest BCUT2D eigenvalue weighted by Crippen LogP contribution is 2.39. The molecule has 3 heteroatoms. The van der Waals surface area contributed by atoms with Gasteiger partial charge in [-0.05, 0) is 26.0 Å². The van der Waals surface area contributed by atoms with Crippen molar-refractivity contribution in [3.05, 3.63) is 58.7 Å². The van der Waals surface area contributed by atoms with Gasteiger partial charge in [-0.15, -0.1) is 0 Å². The first-order valence-electron chi connectivity index (χ1n) is 6.65. The minimum Gasteiger partial charge on any atom is -0.394 e. The highest BCUT2D eigenvalue weighted by atomic mass is 16.7. The van der Waals surface area contributed by atoms with Gasteiger partial charge in [0.2, 0.25) is 0 Å². The monoisotopic (exact) mass is 268 g/mol. The van der Waals surface area contributed by atoms with Gasteiger partial charge in [-0.2, -0.15) is 0 Å². The van der Waals surface area contributed by atoms with Crippen LogP contribution < -0.4 is 9.47 Å². The molecular weight excluding hydrogens is 252 g/mol. The summed E-state index contributed by atoms with van der Waals surface area (Å²) in [6, 6.07) is 11.6. The Hall–Kier alpha value is -2.29. The number of hydrogen-bond donors (Lipinski definition) is 0. The molecule has 0 saturated carbocycles. The lowest BCUT2D eigenvalue weighted by Crippen LogP contribution is -2.19. The Bertz CT molecular complexity index is 631. The third-order valence-corrected chi connectivity index (χ3v) is 3.65. The first-order chi connectivity index (χ1) is 9.54. The maximum Gasteiger partial charge on any atom is 0.519 e. The van der Waals surface area contributed by atoms with Crippen LogP contribution in [0, 0.1) is 13.8 Å². The highest BCUT2D eigenvalue weighted by Gasteiger charge is 2.24. The fourth-order valence-corrected chi connectivity index (χ4v) is 2.57. The van der Waals surface area contributed by atoms with E-state index in [-0.39, 0.29) is 5.92 Å². The van der Waals surface area contributed by atoms with Crippen LogP contribution in [0.15, 0.2) is 36.4 Å². The van der Waals surface area contributed by atoms with Crippen molar-refractivity contribution in [3.8, 4) is 11.5 Å². The van der Waals surface area contributed by atoms with Gasteiger partial charge in [0.1, 0.15) is 11.5 Å². The highest BCUT2D eigenvalue weighted by molar-refractivity contribution is 5.70. The van der Waals surface area contributed by atoms with E-state index >= 15 is 0 Å². The molecule has 1 aliphatic rings. The molecule has 0 aromatic heterocycles. The van der Waals surface area contributed by atoms with E-state index in [1.54, 1.807) is 0 Å². The second-order valence-corrected chi connectivity index (χ2v) is 5.26. The molecule has 0 amide bonds. The Morgan fingerprint density at radius 3 is 1.75 bits per heavy atom. The second kappa shape index (κ2) is 4.67. The van der Waals surface area contributed by atoms with Gasteiger partial charge in [-0.25, -0.2) is 4.79 Å². The smallest absolute Gasteiger partial charge is 0.394 e. The van der Waals surface area contributed by atoms with E-state index in [1.165, 1.54) is 0 Å². The van der Waals surface area contributed by atoms with E-state index in [0.717, 1.165) is 22.3 Å². The van der Waals surface area contributed by atoms with Gasteiger partial charge >= 0.3 is 6.16 Å². The van der Waals surface area contributed by atoms with Crippen LogP contribution in [0.1, 0.15) is 35.1 Å². The lowest BCUT2D eigenvalue weighted by atomic mass is 9.89. The zero-order valence-electron chi connectivity index (χ0n) is 11.8. The molecule has 0 aliphatic carbocycles. The summed E-state index contributed by atoms with van der Waals surface area (Å²) in [5, 5.41) is 0. The molecule has 1 aliphatic heterocycles. The fraction of sp³-hybridized carbons (Fsp3) is 0.235. The van der Waals surface area contributed by atoms with Gasteiger partial charge < -0.3 is 9.47 Å². The maximum atomic E-state index is 11.8. The van der Waals surface area contributed by atoms with Crippen LogP contribution in [0.25, 0.3) is 0 Å². The number of fused-ring (bicyclic) bond motifs is 2. The maximum absolute atomic E-state index is 11.8. The standard InChI is InChI=1S/C17H16O3/c1-10-4-6-15-13(8-10)12(3)14-9-11(2)5-7-16(14)20-17(18)19-15/h4-9,12H,1-3H3. The van der Waals surface area contributed by atoms with E-state index in [4.69, 9.17) is 9.47 Å². The summed E-state index contributed by atoms with van der Waals surface area (Å²) in [5.41, 5.74) is 4.30. The lowest BCUT2D eigenvalue weighted by molar-refractivity contribution is 0.149. The number of ether oxygens (including phenoxy) is 2. The van der Waals surface area contributed by atoms with E-state index < -0.39 is 6.16 Å². The van der Waals surface area contributed by atoms with Crippen molar-refractivity contribution in [2.24, 2.45) is 0 Å². The first-order valence-corrected chi connectivity index (χ1v) is 6.65. The van der Waals surface area contributed by atoms with Crippen LogP contribution in [-0.4, -0.2) is 6.16 Å². The Morgan fingerprint density at radius 1 is 0.850 bits per heavy atom. The third-order valence-electron chi connectivity index (χ3n) is 3.65. The van der Waals surface area contributed by atoms with Crippen molar-refractivity contribution in [3.63, 3.8) is 0 Å². The van der Waals surface area contributed by atoms with Crippen molar-refractivity contribution in [1.29, 1.82) is 0 Å². The average Bonchev–Trinajstić information content (AvgIpc) is 2.41. The minimum atomic E-state index is -0.688. The minimum absolute atomic E-state index is 0.105. The number of carbonyl (C=O) groups is 1. The van der Waals surface area contributed by atoms with Crippen LogP contribution in [-0.2, 0) is 0 Å². The molecule has 0 saturated heterocycles. The molecule has 0 atom stereocenters. The van der Waals surface area contributed by atoms with Crippen LogP contribution in [0.3, 0.4) is 0 Å². The second-order valence-electron chi connectivity index (χ2n) is 5.26. The van der Waals surface area contributed by atoms with Gasteiger partial charge in [0.15, 0.2) is 0 Å². The van der Waals surface area contributed by atoms with E-state index in [0.29, 0.717) is 11.5 Å². The van der Waals surface area contributed by atoms with E-state index in [2.05, 4.69) is 19.1 Å². The molecule has 0 radical (unpaired) electrons. The number of aryl methyl sites for hydroxylation is 2. The predicted octanol–water partition coefficient (Wildman–Crippen LogP) is 4.35. The predicted molar refractivity (Wildman–Crippen MR) is 76.5 cm³/mol. The zero-order chi connectivity index (χ0) is 14.3. The zero-order valence-corrected chi connectivity index (χ0v) is 11.8. The fourth-order valence-electron chi connectivity index (χ4n) is 2.57. The van der Waals surface area contributed by atoms with Crippen molar-refractivity contribution in [2.75, 3.05) is 0 Å². The summed E-state index contributed by atoms with van der Waals surface area (Å²) in [4.78, 5) is 11.8. The summed E-state index contributed by atoms with van der Waals surface area (Å²) < 4.78 is 10.6. The van der Waals surface area contributed by atoms with Crippen LogP contribution in [0.5, 0.6) is 11.5 Å². The normalized spacial score (nSPS) is 14.4. The topological polar surface area (TPSA) is 35.5 Å². The van der Waals surface area contributed by atoms with Crippen molar-refractivity contribution in [1.82, 2.24) is 0 Å². The molecule has 102 valence electrons. The Morgan fingerprint density at radius 2 is 1.30 bits per heavy atom. The molecule has 0 spiro atoms. The molecule has 3 rings (SSSR count). The SMILES string of the molecule is Cc1ccc2c(c1)C(C)c1cc(C)ccc1OC(=O)O2. The summed E-state index contributed by atoms with van der Waals surface area (Å²) in [6.45, 7) is 6.15. The van der Waals surface area contributed by atoms with Crippen LogP contribution in [0.2, 0.25) is 0 Å². The van der Waals surface area contributed by atoms with E-state index in [1.807, 2.05) is 38.1 Å². The Balaban J connectivity index is 2.22.